The molecule has 2 aromatic rings. The van der Waals surface area contributed by atoms with E-state index in [4.69, 9.17) is 27.4 Å². The average Bonchev–Trinajstić information content (AvgIpc) is 2.35. The molecule has 0 saturated carbocycles. The van der Waals surface area contributed by atoms with Crippen molar-refractivity contribution in [3.8, 4) is 11.5 Å². The number of fused-ring (bicyclic) bond motifs is 1. The predicted octanol–water partition coefficient (Wildman–Crippen LogP) is 1.89. The fourth-order valence-corrected chi connectivity index (χ4v) is 1.86. The summed E-state index contributed by atoms with van der Waals surface area (Å²) in [6, 6.07) is 5.58. The van der Waals surface area contributed by atoms with E-state index in [-0.39, 0.29) is 4.99 Å². The van der Waals surface area contributed by atoms with Crippen molar-refractivity contribution in [3.63, 3.8) is 0 Å². The van der Waals surface area contributed by atoms with Crippen molar-refractivity contribution >= 4 is 28.0 Å². The number of methoxy groups -OCH3 is 2. The molecule has 1 aromatic heterocycles. The van der Waals surface area contributed by atoms with Gasteiger partial charge in [0.25, 0.3) is 0 Å². The normalized spacial score (nSPS) is 10.2. The molecule has 0 bridgehead atoms. The third kappa shape index (κ3) is 2.01. The van der Waals surface area contributed by atoms with E-state index in [1.807, 2.05) is 18.2 Å². The van der Waals surface area contributed by atoms with Crippen LogP contribution >= 0.6 is 12.2 Å². The van der Waals surface area contributed by atoms with Crippen LogP contribution in [0, 0.1) is 0 Å². The highest BCUT2D eigenvalue weighted by atomic mass is 32.1. The molecule has 17 heavy (non-hydrogen) atoms. The van der Waals surface area contributed by atoms with Crippen molar-refractivity contribution in [2.24, 2.45) is 5.73 Å². The van der Waals surface area contributed by atoms with Crippen LogP contribution in [0.4, 0.5) is 0 Å². The van der Waals surface area contributed by atoms with Gasteiger partial charge in [-0.1, -0.05) is 12.2 Å². The standard InChI is InChI=1S/C12H12N2O2S/c1-15-9-5-7-3-4-14-11(12(13)17)8(7)6-10(9)16-2/h3-6H,1-2H3,(H2,13,17). The monoisotopic (exact) mass is 248 g/mol. The van der Waals surface area contributed by atoms with Crippen LogP contribution in [0.3, 0.4) is 0 Å². The summed E-state index contributed by atoms with van der Waals surface area (Å²) in [4.78, 5) is 4.44. The van der Waals surface area contributed by atoms with Gasteiger partial charge in [0.2, 0.25) is 0 Å². The quantitative estimate of drug-likeness (QED) is 0.840. The number of pyridine rings is 1. The van der Waals surface area contributed by atoms with Crippen molar-refractivity contribution in [2.45, 2.75) is 0 Å². The fourth-order valence-electron chi connectivity index (χ4n) is 1.70. The molecule has 0 aliphatic carbocycles. The van der Waals surface area contributed by atoms with Crippen LogP contribution in [0.15, 0.2) is 24.4 Å². The minimum atomic E-state index is 0.266. The van der Waals surface area contributed by atoms with Gasteiger partial charge in [0.15, 0.2) is 11.5 Å². The minimum Gasteiger partial charge on any atom is -0.493 e. The minimum absolute atomic E-state index is 0.266. The van der Waals surface area contributed by atoms with Gasteiger partial charge in [0.1, 0.15) is 10.7 Å². The molecule has 2 N–H and O–H groups in total. The highest BCUT2D eigenvalue weighted by Crippen LogP contribution is 2.32. The first kappa shape index (κ1) is 11.6. The summed E-state index contributed by atoms with van der Waals surface area (Å²) in [6.45, 7) is 0. The van der Waals surface area contributed by atoms with Gasteiger partial charge in [-0.2, -0.15) is 0 Å². The lowest BCUT2D eigenvalue weighted by Gasteiger charge is -2.10. The fraction of sp³-hybridized carbons (Fsp3) is 0.167. The van der Waals surface area contributed by atoms with Crippen LogP contribution in [0.25, 0.3) is 10.8 Å². The van der Waals surface area contributed by atoms with Gasteiger partial charge in [-0.3, -0.25) is 4.98 Å². The van der Waals surface area contributed by atoms with E-state index in [2.05, 4.69) is 4.98 Å². The summed E-state index contributed by atoms with van der Waals surface area (Å²) >= 11 is 4.97. The number of hydrogen-bond donors (Lipinski definition) is 1. The molecule has 0 saturated heterocycles. The molecule has 0 aliphatic rings. The third-order valence-electron chi connectivity index (χ3n) is 2.50. The van der Waals surface area contributed by atoms with Crippen molar-refractivity contribution < 1.29 is 9.47 Å². The topological polar surface area (TPSA) is 57.4 Å². The van der Waals surface area contributed by atoms with E-state index in [9.17, 15) is 0 Å². The molecule has 2 rings (SSSR count). The molecule has 0 radical (unpaired) electrons. The number of rotatable bonds is 3. The molecule has 88 valence electrons. The van der Waals surface area contributed by atoms with Gasteiger partial charge >= 0.3 is 0 Å². The number of thiocarbonyl (C=S) groups is 1. The van der Waals surface area contributed by atoms with Gasteiger partial charge in [-0.05, 0) is 23.6 Å². The Morgan fingerprint density at radius 3 is 2.47 bits per heavy atom. The highest BCUT2D eigenvalue weighted by Gasteiger charge is 2.10. The smallest absolute Gasteiger partial charge is 0.161 e. The largest absolute Gasteiger partial charge is 0.493 e. The molecular weight excluding hydrogens is 236 g/mol. The Labute approximate surface area is 104 Å². The SMILES string of the molecule is COc1cc2ccnc(C(N)=S)c2cc1OC. The first-order valence-electron chi connectivity index (χ1n) is 4.98. The lowest BCUT2D eigenvalue weighted by Crippen LogP contribution is -2.12. The van der Waals surface area contributed by atoms with Gasteiger partial charge in [0, 0.05) is 11.6 Å². The number of benzene rings is 1. The molecule has 0 atom stereocenters. The van der Waals surface area contributed by atoms with Crippen molar-refractivity contribution in [2.75, 3.05) is 14.2 Å². The van der Waals surface area contributed by atoms with E-state index in [0.717, 1.165) is 10.8 Å². The number of nitrogens with two attached hydrogens (primary N) is 1. The van der Waals surface area contributed by atoms with Crippen molar-refractivity contribution in [1.82, 2.24) is 4.98 Å². The molecule has 0 spiro atoms. The zero-order valence-electron chi connectivity index (χ0n) is 9.56. The summed E-state index contributed by atoms with van der Waals surface area (Å²) in [5.74, 6) is 1.30. The Morgan fingerprint density at radius 1 is 1.24 bits per heavy atom. The Morgan fingerprint density at radius 2 is 1.88 bits per heavy atom. The number of aromatic nitrogens is 1. The second-order valence-electron chi connectivity index (χ2n) is 3.45. The van der Waals surface area contributed by atoms with E-state index < -0.39 is 0 Å². The maximum absolute atomic E-state index is 5.64. The first-order valence-corrected chi connectivity index (χ1v) is 5.38. The van der Waals surface area contributed by atoms with Crippen LogP contribution < -0.4 is 15.2 Å². The summed E-state index contributed by atoms with van der Waals surface area (Å²) < 4.78 is 10.5. The predicted molar refractivity (Wildman–Crippen MR) is 70.7 cm³/mol. The molecule has 0 fully saturated rings. The zero-order chi connectivity index (χ0) is 12.4. The molecule has 4 nitrogen and oxygen atoms in total. The molecule has 0 aliphatic heterocycles. The summed E-state index contributed by atoms with van der Waals surface area (Å²) in [5.41, 5.74) is 6.23. The Hall–Kier alpha value is -1.88. The van der Waals surface area contributed by atoms with Gasteiger partial charge in [0.05, 0.1) is 14.2 Å². The zero-order valence-corrected chi connectivity index (χ0v) is 10.4. The second-order valence-corrected chi connectivity index (χ2v) is 3.89. The maximum atomic E-state index is 5.64. The molecule has 0 amide bonds. The first-order chi connectivity index (χ1) is 8.17. The lowest BCUT2D eigenvalue weighted by atomic mass is 10.1. The van der Waals surface area contributed by atoms with Crippen LogP contribution in [0.1, 0.15) is 5.69 Å². The third-order valence-corrected chi connectivity index (χ3v) is 2.70. The van der Waals surface area contributed by atoms with E-state index in [0.29, 0.717) is 17.2 Å². The van der Waals surface area contributed by atoms with Crippen LogP contribution in [0.5, 0.6) is 11.5 Å². The average molecular weight is 248 g/mol. The number of hydrogen-bond acceptors (Lipinski definition) is 4. The molecule has 1 aromatic carbocycles. The van der Waals surface area contributed by atoms with Crippen molar-refractivity contribution in [3.05, 3.63) is 30.1 Å². The highest BCUT2D eigenvalue weighted by molar-refractivity contribution is 7.80. The van der Waals surface area contributed by atoms with E-state index in [1.54, 1.807) is 20.4 Å². The van der Waals surface area contributed by atoms with Gasteiger partial charge in [-0.25, -0.2) is 0 Å². The Bertz CT molecular complexity index is 584. The van der Waals surface area contributed by atoms with E-state index >= 15 is 0 Å². The molecular formula is C12H12N2O2S. The van der Waals surface area contributed by atoms with Crippen LogP contribution in [-0.4, -0.2) is 24.2 Å². The molecule has 5 heteroatoms. The van der Waals surface area contributed by atoms with Gasteiger partial charge < -0.3 is 15.2 Å². The lowest BCUT2D eigenvalue weighted by molar-refractivity contribution is 0.356. The molecule has 0 unspecified atom stereocenters. The number of nitrogens with zero attached hydrogens (tertiary/aromatic N) is 1. The van der Waals surface area contributed by atoms with Crippen LogP contribution in [-0.2, 0) is 0 Å². The van der Waals surface area contributed by atoms with Gasteiger partial charge in [-0.15, -0.1) is 0 Å². The molecule has 1 heterocycles. The summed E-state index contributed by atoms with van der Waals surface area (Å²) in [7, 11) is 3.18. The van der Waals surface area contributed by atoms with E-state index in [1.165, 1.54) is 0 Å². The Kier molecular flexibility index (Phi) is 3.10. The Balaban J connectivity index is 2.78. The number of ether oxygens (including phenoxy) is 2. The summed E-state index contributed by atoms with van der Waals surface area (Å²) in [5, 5.41) is 1.82. The second kappa shape index (κ2) is 4.55. The van der Waals surface area contributed by atoms with Crippen molar-refractivity contribution in [1.29, 1.82) is 0 Å². The summed E-state index contributed by atoms with van der Waals surface area (Å²) in [6.07, 6.45) is 1.67. The van der Waals surface area contributed by atoms with Crippen LogP contribution in [0.2, 0.25) is 0 Å². The maximum Gasteiger partial charge on any atom is 0.161 e.